The molecule has 0 bridgehead atoms. The van der Waals surface area contributed by atoms with Gasteiger partial charge in [-0.25, -0.2) is 4.68 Å². The third-order valence-electron chi connectivity index (χ3n) is 3.42. The van der Waals surface area contributed by atoms with Crippen molar-refractivity contribution in [3.8, 4) is 0 Å². The number of hydrogen-bond donors (Lipinski definition) is 2. The molecule has 1 aromatic carbocycles. The van der Waals surface area contributed by atoms with E-state index in [1.807, 2.05) is 0 Å². The maximum Gasteiger partial charge on any atom is 0.273 e. The molecule has 0 aliphatic rings. The first kappa shape index (κ1) is 14.7. The first-order valence-corrected chi connectivity index (χ1v) is 7.02. The molecule has 7 heteroatoms. The summed E-state index contributed by atoms with van der Waals surface area (Å²) in [4.78, 5) is 40.1. The SMILES string of the molecule is O=C(Cn1[nH]c(=O)c2ccccc2c1=O)NCc1ccncc1. The fourth-order valence-corrected chi connectivity index (χ4v) is 2.26. The highest BCUT2D eigenvalue weighted by Gasteiger charge is 2.09. The van der Waals surface area contributed by atoms with E-state index in [0.717, 1.165) is 10.2 Å². The van der Waals surface area contributed by atoms with Gasteiger partial charge in [0.15, 0.2) is 0 Å². The minimum Gasteiger partial charge on any atom is -0.350 e. The number of aromatic nitrogens is 3. The summed E-state index contributed by atoms with van der Waals surface area (Å²) < 4.78 is 1.02. The largest absolute Gasteiger partial charge is 0.350 e. The Morgan fingerprint density at radius 2 is 1.78 bits per heavy atom. The van der Waals surface area contributed by atoms with Crippen LogP contribution < -0.4 is 16.4 Å². The van der Waals surface area contributed by atoms with Crippen molar-refractivity contribution in [1.29, 1.82) is 0 Å². The molecule has 0 aliphatic heterocycles. The molecule has 0 saturated carbocycles. The van der Waals surface area contributed by atoms with E-state index in [4.69, 9.17) is 0 Å². The van der Waals surface area contributed by atoms with Gasteiger partial charge in [-0.1, -0.05) is 12.1 Å². The van der Waals surface area contributed by atoms with E-state index < -0.39 is 11.1 Å². The maximum absolute atomic E-state index is 12.3. The lowest BCUT2D eigenvalue weighted by Gasteiger charge is -2.08. The highest BCUT2D eigenvalue weighted by Crippen LogP contribution is 2.02. The van der Waals surface area contributed by atoms with E-state index in [2.05, 4.69) is 15.4 Å². The Morgan fingerprint density at radius 1 is 1.09 bits per heavy atom. The van der Waals surface area contributed by atoms with Crippen molar-refractivity contribution in [1.82, 2.24) is 20.1 Å². The van der Waals surface area contributed by atoms with Crippen LogP contribution in [0.3, 0.4) is 0 Å². The highest BCUT2D eigenvalue weighted by atomic mass is 16.2. The van der Waals surface area contributed by atoms with Crippen molar-refractivity contribution in [2.45, 2.75) is 13.1 Å². The van der Waals surface area contributed by atoms with Gasteiger partial charge in [-0.05, 0) is 29.8 Å². The zero-order valence-corrected chi connectivity index (χ0v) is 12.2. The summed E-state index contributed by atoms with van der Waals surface area (Å²) in [5, 5.41) is 5.72. The van der Waals surface area contributed by atoms with Crippen LogP contribution in [-0.4, -0.2) is 20.7 Å². The summed E-state index contributed by atoms with van der Waals surface area (Å²) >= 11 is 0. The highest BCUT2D eigenvalue weighted by molar-refractivity contribution is 5.81. The molecule has 23 heavy (non-hydrogen) atoms. The van der Waals surface area contributed by atoms with Crippen LogP contribution in [0.5, 0.6) is 0 Å². The second-order valence-electron chi connectivity index (χ2n) is 5.01. The first-order valence-electron chi connectivity index (χ1n) is 7.02. The van der Waals surface area contributed by atoms with E-state index in [9.17, 15) is 14.4 Å². The van der Waals surface area contributed by atoms with Crippen molar-refractivity contribution >= 4 is 16.7 Å². The van der Waals surface area contributed by atoms with Gasteiger partial charge in [-0.2, -0.15) is 0 Å². The van der Waals surface area contributed by atoms with Gasteiger partial charge in [0.25, 0.3) is 11.1 Å². The predicted octanol–water partition coefficient (Wildman–Crippen LogP) is 0.401. The van der Waals surface area contributed by atoms with E-state index in [-0.39, 0.29) is 17.8 Å². The standard InChI is InChI=1S/C16H14N4O3/c21-14(18-9-11-5-7-17-8-6-11)10-20-16(23)13-4-2-1-3-12(13)15(22)19-20/h1-8H,9-10H2,(H,18,21)(H,19,22). The zero-order valence-electron chi connectivity index (χ0n) is 12.2. The number of pyridine rings is 1. The number of rotatable bonds is 4. The summed E-state index contributed by atoms with van der Waals surface area (Å²) in [5.41, 5.74) is 0.0918. The predicted molar refractivity (Wildman–Crippen MR) is 84.9 cm³/mol. The second kappa shape index (κ2) is 6.27. The molecule has 3 rings (SSSR count). The number of nitrogens with one attached hydrogen (secondary N) is 2. The smallest absolute Gasteiger partial charge is 0.273 e. The number of benzene rings is 1. The summed E-state index contributed by atoms with van der Waals surface area (Å²) in [5.74, 6) is -0.366. The second-order valence-corrected chi connectivity index (χ2v) is 5.01. The molecule has 2 heterocycles. The van der Waals surface area contributed by atoms with E-state index >= 15 is 0 Å². The van der Waals surface area contributed by atoms with Gasteiger partial charge in [-0.15, -0.1) is 0 Å². The molecule has 0 unspecified atom stereocenters. The quantitative estimate of drug-likeness (QED) is 0.729. The minimum absolute atomic E-state index is 0.246. The lowest BCUT2D eigenvalue weighted by molar-refractivity contribution is -0.122. The van der Waals surface area contributed by atoms with Gasteiger partial charge < -0.3 is 5.32 Å². The molecule has 7 nitrogen and oxygen atoms in total. The van der Waals surface area contributed by atoms with Crippen LogP contribution in [0.4, 0.5) is 0 Å². The van der Waals surface area contributed by atoms with Gasteiger partial charge in [0.2, 0.25) is 5.91 Å². The number of hydrogen-bond acceptors (Lipinski definition) is 4. The molecule has 0 atom stereocenters. The van der Waals surface area contributed by atoms with Crippen LogP contribution in [-0.2, 0) is 17.9 Å². The van der Waals surface area contributed by atoms with E-state index in [1.165, 1.54) is 0 Å². The molecule has 0 fully saturated rings. The molecule has 116 valence electrons. The summed E-state index contributed by atoms with van der Waals surface area (Å²) in [6.45, 7) is 0.0813. The van der Waals surface area contributed by atoms with Gasteiger partial charge in [-0.3, -0.25) is 24.5 Å². The first-order chi connectivity index (χ1) is 11.1. The Kier molecular flexibility index (Phi) is 4.01. The Bertz CT molecular complexity index is 960. The Hall–Kier alpha value is -3.22. The lowest BCUT2D eigenvalue weighted by atomic mass is 10.2. The van der Waals surface area contributed by atoms with Gasteiger partial charge in [0.1, 0.15) is 6.54 Å². The molecular formula is C16H14N4O3. The lowest BCUT2D eigenvalue weighted by Crippen LogP contribution is -2.36. The number of aromatic amines is 1. The fourth-order valence-electron chi connectivity index (χ4n) is 2.26. The minimum atomic E-state index is -0.403. The molecule has 2 N–H and O–H groups in total. The molecule has 1 amide bonds. The zero-order chi connectivity index (χ0) is 16.2. The topological polar surface area (TPSA) is 96.9 Å². The van der Waals surface area contributed by atoms with Crippen molar-refractivity contribution in [3.05, 3.63) is 75.1 Å². The summed E-state index contributed by atoms with van der Waals surface area (Å²) in [6.07, 6.45) is 3.26. The van der Waals surface area contributed by atoms with Gasteiger partial charge in [0.05, 0.1) is 10.8 Å². The molecular weight excluding hydrogens is 296 g/mol. The van der Waals surface area contributed by atoms with Crippen molar-refractivity contribution in [2.75, 3.05) is 0 Å². The molecule has 0 aliphatic carbocycles. The number of H-pyrrole nitrogens is 1. The van der Waals surface area contributed by atoms with Gasteiger partial charge in [0, 0.05) is 18.9 Å². The fraction of sp³-hybridized carbons (Fsp3) is 0.125. The van der Waals surface area contributed by atoms with Crippen molar-refractivity contribution < 1.29 is 4.79 Å². The van der Waals surface area contributed by atoms with E-state index in [1.54, 1.807) is 48.8 Å². The van der Waals surface area contributed by atoms with Crippen LogP contribution in [0, 0.1) is 0 Å². The molecule has 2 aromatic heterocycles. The summed E-state index contributed by atoms with van der Waals surface area (Å²) in [7, 11) is 0. The Morgan fingerprint density at radius 3 is 2.52 bits per heavy atom. The van der Waals surface area contributed by atoms with Crippen LogP contribution in [0.2, 0.25) is 0 Å². The normalized spacial score (nSPS) is 10.6. The number of fused-ring (bicyclic) bond motifs is 1. The average Bonchev–Trinajstić information content (AvgIpc) is 2.59. The Balaban J connectivity index is 1.79. The van der Waals surface area contributed by atoms with Crippen molar-refractivity contribution in [2.24, 2.45) is 0 Å². The number of amides is 1. The van der Waals surface area contributed by atoms with E-state index in [0.29, 0.717) is 11.9 Å². The third kappa shape index (κ3) is 3.18. The molecule has 0 spiro atoms. The molecule has 0 saturated heterocycles. The van der Waals surface area contributed by atoms with Crippen LogP contribution in [0.25, 0.3) is 10.8 Å². The maximum atomic E-state index is 12.3. The molecule has 0 radical (unpaired) electrons. The summed E-state index contributed by atoms with van der Waals surface area (Å²) in [6, 6.07) is 10.1. The van der Waals surface area contributed by atoms with Crippen LogP contribution >= 0.6 is 0 Å². The third-order valence-corrected chi connectivity index (χ3v) is 3.42. The van der Waals surface area contributed by atoms with Crippen LogP contribution in [0.15, 0.2) is 58.4 Å². The average molecular weight is 310 g/mol. The monoisotopic (exact) mass is 310 g/mol. The number of carbonyl (C=O) groups excluding carboxylic acids is 1. The number of carbonyl (C=O) groups is 1. The van der Waals surface area contributed by atoms with Gasteiger partial charge >= 0.3 is 0 Å². The number of nitrogens with zero attached hydrogens (tertiary/aromatic N) is 2. The molecule has 3 aromatic rings. The van der Waals surface area contributed by atoms with Crippen LogP contribution in [0.1, 0.15) is 5.56 Å². The Labute approximate surface area is 130 Å². The van der Waals surface area contributed by atoms with Crippen molar-refractivity contribution in [3.63, 3.8) is 0 Å².